The number of ether oxygens (including phenoxy) is 1. The molecule has 0 radical (unpaired) electrons. The van der Waals surface area contributed by atoms with Gasteiger partial charge in [-0.05, 0) is 49.9 Å². The van der Waals surface area contributed by atoms with Crippen molar-refractivity contribution in [2.24, 2.45) is 11.7 Å². The fourth-order valence-electron chi connectivity index (χ4n) is 2.82. The second kappa shape index (κ2) is 7.17. The molecule has 4 heteroatoms. The van der Waals surface area contributed by atoms with Crippen LogP contribution in [0.1, 0.15) is 39.0 Å². The molecule has 1 amide bonds. The standard InChI is InChI=1S/C16H24N2O2/c1-12(13-5-3-2-4-6-13)18-14-7-9-15(10-8-14)20-11-16(17)19/h7-10,12-13,18H,2-6,11H2,1H3,(H2,17,19). The van der Waals surface area contributed by atoms with E-state index in [4.69, 9.17) is 10.5 Å². The van der Waals surface area contributed by atoms with Crippen LogP contribution in [-0.2, 0) is 4.79 Å². The number of nitrogens with one attached hydrogen (secondary N) is 1. The molecule has 1 atom stereocenters. The van der Waals surface area contributed by atoms with Crippen molar-refractivity contribution < 1.29 is 9.53 Å². The lowest BCUT2D eigenvalue weighted by Crippen LogP contribution is -2.27. The predicted octanol–water partition coefficient (Wildman–Crippen LogP) is 2.93. The van der Waals surface area contributed by atoms with Gasteiger partial charge in [0.05, 0.1) is 0 Å². The highest BCUT2D eigenvalue weighted by Gasteiger charge is 2.19. The van der Waals surface area contributed by atoms with E-state index in [-0.39, 0.29) is 6.61 Å². The van der Waals surface area contributed by atoms with E-state index < -0.39 is 5.91 Å². The molecule has 110 valence electrons. The van der Waals surface area contributed by atoms with Gasteiger partial charge in [-0.15, -0.1) is 0 Å². The Morgan fingerprint density at radius 3 is 2.55 bits per heavy atom. The molecule has 4 nitrogen and oxygen atoms in total. The summed E-state index contributed by atoms with van der Waals surface area (Å²) < 4.78 is 5.24. The summed E-state index contributed by atoms with van der Waals surface area (Å²) in [7, 11) is 0. The molecule has 1 aliphatic rings. The zero-order chi connectivity index (χ0) is 14.4. The molecule has 1 aromatic carbocycles. The number of primary amides is 1. The van der Waals surface area contributed by atoms with Crippen molar-refractivity contribution in [1.82, 2.24) is 0 Å². The van der Waals surface area contributed by atoms with Crippen molar-refractivity contribution >= 4 is 11.6 Å². The summed E-state index contributed by atoms with van der Waals surface area (Å²) in [5.74, 6) is 0.979. The van der Waals surface area contributed by atoms with E-state index in [1.165, 1.54) is 32.1 Å². The van der Waals surface area contributed by atoms with E-state index in [0.29, 0.717) is 11.8 Å². The molecule has 0 saturated heterocycles. The minimum atomic E-state index is -0.460. The lowest BCUT2D eigenvalue weighted by molar-refractivity contribution is -0.119. The number of carbonyl (C=O) groups is 1. The van der Waals surface area contributed by atoms with Crippen LogP contribution in [0, 0.1) is 5.92 Å². The first-order valence-electron chi connectivity index (χ1n) is 7.43. The van der Waals surface area contributed by atoms with Gasteiger partial charge in [0.15, 0.2) is 6.61 Å². The highest BCUT2D eigenvalue weighted by molar-refractivity contribution is 5.75. The van der Waals surface area contributed by atoms with Crippen molar-refractivity contribution in [3.63, 3.8) is 0 Å². The summed E-state index contributed by atoms with van der Waals surface area (Å²) in [5, 5.41) is 3.56. The van der Waals surface area contributed by atoms with Gasteiger partial charge in [0.25, 0.3) is 5.91 Å². The highest BCUT2D eigenvalue weighted by atomic mass is 16.5. The first kappa shape index (κ1) is 14.7. The molecule has 0 aliphatic heterocycles. The minimum Gasteiger partial charge on any atom is -0.484 e. The summed E-state index contributed by atoms with van der Waals surface area (Å²) in [6.07, 6.45) is 6.75. The summed E-state index contributed by atoms with van der Waals surface area (Å²) >= 11 is 0. The quantitative estimate of drug-likeness (QED) is 0.839. The van der Waals surface area contributed by atoms with Crippen LogP contribution in [0.4, 0.5) is 5.69 Å². The molecule has 0 aromatic heterocycles. The number of anilines is 1. The number of hydrogen-bond donors (Lipinski definition) is 2. The molecule has 0 bridgehead atoms. The van der Waals surface area contributed by atoms with E-state index >= 15 is 0 Å². The Morgan fingerprint density at radius 2 is 1.95 bits per heavy atom. The largest absolute Gasteiger partial charge is 0.484 e. The van der Waals surface area contributed by atoms with E-state index in [2.05, 4.69) is 12.2 Å². The maximum atomic E-state index is 10.6. The van der Waals surface area contributed by atoms with Crippen molar-refractivity contribution in [1.29, 1.82) is 0 Å². The fourth-order valence-corrected chi connectivity index (χ4v) is 2.82. The summed E-state index contributed by atoms with van der Waals surface area (Å²) in [6, 6.07) is 8.18. The van der Waals surface area contributed by atoms with Crippen molar-refractivity contribution in [2.45, 2.75) is 45.1 Å². The van der Waals surface area contributed by atoms with E-state index in [0.717, 1.165) is 11.6 Å². The van der Waals surface area contributed by atoms with Gasteiger partial charge in [0.2, 0.25) is 0 Å². The predicted molar refractivity (Wildman–Crippen MR) is 80.8 cm³/mol. The molecular formula is C16H24N2O2. The number of benzene rings is 1. The second-order valence-corrected chi connectivity index (χ2v) is 5.61. The van der Waals surface area contributed by atoms with Gasteiger partial charge in [-0.25, -0.2) is 0 Å². The fraction of sp³-hybridized carbons (Fsp3) is 0.562. The zero-order valence-corrected chi connectivity index (χ0v) is 12.1. The smallest absolute Gasteiger partial charge is 0.255 e. The average Bonchev–Trinajstić information content (AvgIpc) is 2.47. The average molecular weight is 276 g/mol. The van der Waals surface area contributed by atoms with Crippen LogP contribution in [0.15, 0.2) is 24.3 Å². The molecule has 0 heterocycles. The van der Waals surface area contributed by atoms with Gasteiger partial charge in [0.1, 0.15) is 5.75 Å². The highest BCUT2D eigenvalue weighted by Crippen LogP contribution is 2.28. The Morgan fingerprint density at radius 1 is 1.30 bits per heavy atom. The Labute approximate surface area is 120 Å². The third-order valence-corrected chi connectivity index (χ3v) is 3.99. The molecule has 1 unspecified atom stereocenters. The van der Waals surface area contributed by atoms with Crippen LogP contribution < -0.4 is 15.8 Å². The molecule has 20 heavy (non-hydrogen) atoms. The lowest BCUT2D eigenvalue weighted by Gasteiger charge is -2.29. The Balaban J connectivity index is 1.84. The monoisotopic (exact) mass is 276 g/mol. The summed E-state index contributed by atoms with van der Waals surface area (Å²) in [4.78, 5) is 10.6. The van der Waals surface area contributed by atoms with Crippen LogP contribution in [0.25, 0.3) is 0 Å². The molecule has 1 aliphatic carbocycles. The number of amides is 1. The first-order chi connectivity index (χ1) is 9.65. The van der Waals surface area contributed by atoms with Gasteiger partial charge >= 0.3 is 0 Å². The number of carbonyl (C=O) groups excluding carboxylic acids is 1. The van der Waals surface area contributed by atoms with Crippen molar-refractivity contribution in [3.05, 3.63) is 24.3 Å². The SMILES string of the molecule is CC(Nc1ccc(OCC(N)=O)cc1)C1CCCCC1. The third-order valence-electron chi connectivity index (χ3n) is 3.99. The molecule has 3 N–H and O–H groups in total. The van der Waals surface area contributed by atoms with Gasteiger partial charge < -0.3 is 15.8 Å². The van der Waals surface area contributed by atoms with Crippen LogP contribution in [-0.4, -0.2) is 18.6 Å². The van der Waals surface area contributed by atoms with E-state index in [9.17, 15) is 4.79 Å². The first-order valence-corrected chi connectivity index (χ1v) is 7.43. The second-order valence-electron chi connectivity index (χ2n) is 5.61. The van der Waals surface area contributed by atoms with E-state index in [1.54, 1.807) is 0 Å². The summed E-state index contributed by atoms with van der Waals surface area (Å²) in [6.45, 7) is 2.18. The van der Waals surface area contributed by atoms with Crippen molar-refractivity contribution in [3.8, 4) is 5.75 Å². The Bertz CT molecular complexity index is 425. The molecule has 0 spiro atoms. The maximum absolute atomic E-state index is 10.6. The van der Waals surface area contributed by atoms with Gasteiger partial charge in [-0.2, -0.15) is 0 Å². The van der Waals surface area contributed by atoms with Crippen LogP contribution in [0.2, 0.25) is 0 Å². The maximum Gasteiger partial charge on any atom is 0.255 e. The van der Waals surface area contributed by atoms with Gasteiger partial charge in [-0.3, -0.25) is 4.79 Å². The van der Waals surface area contributed by atoms with Gasteiger partial charge in [-0.1, -0.05) is 19.3 Å². The molecule has 1 fully saturated rings. The van der Waals surface area contributed by atoms with E-state index in [1.807, 2.05) is 24.3 Å². The Hall–Kier alpha value is -1.71. The molecular weight excluding hydrogens is 252 g/mol. The van der Waals surface area contributed by atoms with Gasteiger partial charge in [0, 0.05) is 11.7 Å². The van der Waals surface area contributed by atoms with Crippen LogP contribution >= 0.6 is 0 Å². The zero-order valence-electron chi connectivity index (χ0n) is 12.1. The minimum absolute atomic E-state index is 0.0781. The topological polar surface area (TPSA) is 64.3 Å². The number of hydrogen-bond acceptors (Lipinski definition) is 3. The van der Waals surface area contributed by atoms with Crippen LogP contribution in [0.3, 0.4) is 0 Å². The molecule has 2 rings (SSSR count). The van der Waals surface area contributed by atoms with Crippen LogP contribution in [0.5, 0.6) is 5.75 Å². The third kappa shape index (κ3) is 4.44. The lowest BCUT2D eigenvalue weighted by atomic mass is 9.84. The summed E-state index contributed by atoms with van der Waals surface area (Å²) in [5.41, 5.74) is 6.13. The normalized spacial score (nSPS) is 17.4. The number of rotatable bonds is 6. The van der Waals surface area contributed by atoms with Crippen molar-refractivity contribution in [2.75, 3.05) is 11.9 Å². The molecule has 1 aromatic rings. The molecule has 1 saturated carbocycles. The number of nitrogens with two attached hydrogens (primary N) is 1. The Kier molecular flexibility index (Phi) is 5.27.